The van der Waals surface area contributed by atoms with Crippen LogP contribution in [0.2, 0.25) is 0 Å². The molecule has 0 radical (unpaired) electrons. The number of amides is 1. The van der Waals surface area contributed by atoms with Crippen molar-refractivity contribution >= 4 is 27.8 Å². The Labute approximate surface area is 202 Å². The number of aliphatic hydroxyl groups excluding tert-OH is 1. The number of aliphatic carboxylic acids is 1. The van der Waals surface area contributed by atoms with E-state index in [-0.39, 0.29) is 24.3 Å². The summed E-state index contributed by atoms with van der Waals surface area (Å²) in [5.41, 5.74) is 13.4. The lowest BCUT2D eigenvalue weighted by atomic mass is 9.85. The van der Waals surface area contributed by atoms with Crippen LogP contribution < -0.4 is 27.4 Å². The van der Waals surface area contributed by atoms with Gasteiger partial charge in [0.2, 0.25) is 5.91 Å². The zero-order valence-electron chi connectivity index (χ0n) is 19.1. The summed E-state index contributed by atoms with van der Waals surface area (Å²) in [5, 5.41) is 28.3. The molecule has 33 heavy (non-hydrogen) atoms. The highest BCUT2D eigenvalue weighted by molar-refractivity contribution is 9.10. The van der Waals surface area contributed by atoms with Crippen LogP contribution in [0.1, 0.15) is 50.8 Å². The Morgan fingerprint density at radius 3 is 2.55 bits per heavy atom. The van der Waals surface area contributed by atoms with Crippen LogP contribution in [0.4, 0.5) is 0 Å². The summed E-state index contributed by atoms with van der Waals surface area (Å²) >= 11 is 3.48. The highest BCUT2D eigenvalue weighted by Gasteiger charge is 2.24. The second-order valence-electron chi connectivity index (χ2n) is 9.18. The Morgan fingerprint density at radius 1 is 1.24 bits per heavy atom. The molecule has 3 atom stereocenters. The van der Waals surface area contributed by atoms with Crippen molar-refractivity contribution in [2.24, 2.45) is 17.4 Å². The van der Waals surface area contributed by atoms with Gasteiger partial charge in [-0.3, -0.25) is 26.4 Å². The highest BCUT2D eigenvalue weighted by atomic mass is 79.9. The number of nitrogens with two attached hydrogens (primary N) is 2. The number of hydrogen-bond acceptors (Lipinski definition) is 7. The third-order valence-electron chi connectivity index (χ3n) is 5.24. The second kappa shape index (κ2) is 11.8. The van der Waals surface area contributed by atoms with Gasteiger partial charge in [0.05, 0.1) is 19.0 Å². The van der Waals surface area contributed by atoms with Gasteiger partial charge >= 0.3 is 5.97 Å². The molecule has 2 rings (SSSR count). The van der Waals surface area contributed by atoms with Crippen LogP contribution >= 0.6 is 15.9 Å². The molecule has 0 saturated carbocycles. The number of allylic oxidation sites excluding steroid dienone is 3. The normalized spacial score (nSPS) is 17.9. The zero-order chi connectivity index (χ0) is 24.8. The van der Waals surface area contributed by atoms with Gasteiger partial charge in [-0.1, -0.05) is 54.9 Å². The number of carboxylic acid groups (broad SMARTS) is 1. The lowest BCUT2D eigenvalue weighted by Crippen LogP contribution is -2.47. The van der Waals surface area contributed by atoms with Crippen LogP contribution in [0, 0.1) is 5.92 Å². The number of rotatable bonds is 10. The van der Waals surface area contributed by atoms with E-state index in [0.717, 1.165) is 15.7 Å². The molecule has 2 unspecified atom stereocenters. The van der Waals surface area contributed by atoms with Crippen LogP contribution in [-0.2, 0) is 15.0 Å². The third-order valence-corrected chi connectivity index (χ3v) is 5.70. The molecule has 1 aliphatic rings. The predicted octanol–water partition coefficient (Wildman–Crippen LogP) is 1.54. The van der Waals surface area contributed by atoms with Crippen molar-refractivity contribution in [1.29, 1.82) is 0 Å². The van der Waals surface area contributed by atoms with Crippen molar-refractivity contribution in [2.75, 3.05) is 6.54 Å². The van der Waals surface area contributed by atoms with E-state index in [4.69, 9.17) is 11.5 Å². The van der Waals surface area contributed by atoms with E-state index in [9.17, 15) is 19.8 Å². The number of carboxylic acids is 1. The molecule has 1 aromatic carbocycles. The van der Waals surface area contributed by atoms with Crippen molar-refractivity contribution in [1.82, 2.24) is 16.0 Å². The summed E-state index contributed by atoms with van der Waals surface area (Å²) in [4.78, 5) is 24.1. The van der Waals surface area contributed by atoms with E-state index < -0.39 is 30.4 Å². The molecule has 0 saturated heterocycles. The average Bonchev–Trinajstić information content (AvgIpc) is 2.69. The molecule has 0 bridgehead atoms. The summed E-state index contributed by atoms with van der Waals surface area (Å²) in [6.07, 6.45) is 3.96. The van der Waals surface area contributed by atoms with Gasteiger partial charge in [-0.25, -0.2) is 0 Å². The summed E-state index contributed by atoms with van der Waals surface area (Å²) in [5.74, 6) is -1.73. The van der Waals surface area contributed by atoms with Crippen molar-refractivity contribution in [2.45, 2.75) is 57.6 Å². The first kappa shape index (κ1) is 27.0. The first-order chi connectivity index (χ1) is 15.3. The van der Waals surface area contributed by atoms with Crippen LogP contribution in [0.3, 0.4) is 0 Å². The standard InChI is InChI=1S/C23H34BrN5O4/c1-23(2,3)15-7-14(8-16(24)10-15)18(11-20(31)32)29-19(30)12-27-21(33)13-5-4-6-17(9-13)28-22(25)26/h4-8,10,13,18,21-22,27-28,33H,9,11-12,25-26H2,1-3H3,(H,29,30)(H,31,32)/t13?,18-,21?/m0/s1. The van der Waals surface area contributed by atoms with Crippen molar-refractivity contribution in [3.8, 4) is 0 Å². The van der Waals surface area contributed by atoms with E-state index in [0.29, 0.717) is 12.0 Å². The largest absolute Gasteiger partial charge is 0.481 e. The van der Waals surface area contributed by atoms with Crippen LogP contribution in [0.15, 0.2) is 46.6 Å². The average molecular weight is 524 g/mol. The minimum atomic E-state index is -1.03. The Hall–Kier alpha value is -2.24. The quantitative estimate of drug-likeness (QED) is 0.227. The molecular formula is C23H34BrN5O4. The fourth-order valence-electron chi connectivity index (χ4n) is 3.51. The summed E-state index contributed by atoms with van der Waals surface area (Å²) in [6, 6.07) is 4.98. The summed E-state index contributed by atoms with van der Waals surface area (Å²) < 4.78 is 0.807. The predicted molar refractivity (Wildman–Crippen MR) is 131 cm³/mol. The maximum atomic E-state index is 12.6. The number of carbonyl (C=O) groups excluding carboxylic acids is 1. The van der Waals surface area contributed by atoms with Crippen LogP contribution in [0.25, 0.3) is 0 Å². The molecule has 0 fully saturated rings. The Morgan fingerprint density at radius 2 is 1.94 bits per heavy atom. The van der Waals surface area contributed by atoms with Crippen LogP contribution in [-0.4, -0.2) is 41.2 Å². The molecule has 1 aliphatic carbocycles. The fourth-order valence-corrected chi connectivity index (χ4v) is 4.02. The Balaban J connectivity index is 2.02. The third kappa shape index (κ3) is 8.90. The molecule has 9 N–H and O–H groups in total. The molecule has 0 spiro atoms. The van der Waals surface area contributed by atoms with Crippen molar-refractivity contribution < 1.29 is 19.8 Å². The van der Waals surface area contributed by atoms with Gasteiger partial charge in [-0.15, -0.1) is 0 Å². The molecule has 0 aliphatic heterocycles. The van der Waals surface area contributed by atoms with Gasteiger partial charge in [-0.2, -0.15) is 0 Å². The lowest BCUT2D eigenvalue weighted by Gasteiger charge is -2.26. The van der Waals surface area contributed by atoms with Crippen molar-refractivity contribution in [3.05, 3.63) is 57.7 Å². The van der Waals surface area contributed by atoms with Gasteiger partial charge in [-0.05, 0) is 41.2 Å². The molecule has 1 aromatic rings. The topological polar surface area (TPSA) is 163 Å². The monoisotopic (exact) mass is 523 g/mol. The van der Waals surface area contributed by atoms with Crippen LogP contribution in [0.5, 0.6) is 0 Å². The van der Waals surface area contributed by atoms with E-state index in [1.165, 1.54) is 0 Å². The Bertz CT molecular complexity index is 911. The zero-order valence-corrected chi connectivity index (χ0v) is 20.7. The van der Waals surface area contributed by atoms with Gasteiger partial charge in [0.25, 0.3) is 0 Å². The lowest BCUT2D eigenvalue weighted by molar-refractivity contribution is -0.137. The van der Waals surface area contributed by atoms with E-state index in [2.05, 4.69) is 52.7 Å². The van der Waals surface area contributed by atoms with E-state index >= 15 is 0 Å². The van der Waals surface area contributed by atoms with Crippen molar-refractivity contribution in [3.63, 3.8) is 0 Å². The van der Waals surface area contributed by atoms with Gasteiger partial charge in [0.15, 0.2) is 0 Å². The first-order valence-electron chi connectivity index (χ1n) is 10.7. The molecule has 1 amide bonds. The molecular weight excluding hydrogens is 490 g/mol. The molecule has 182 valence electrons. The maximum Gasteiger partial charge on any atom is 0.305 e. The van der Waals surface area contributed by atoms with E-state index in [1.54, 1.807) is 12.1 Å². The SMILES string of the molecule is CC(C)(C)c1cc(Br)cc([C@H](CC(=O)O)NC(=O)CNC(O)C2C=CC=C(NC(N)N)C2)c1. The first-order valence-corrected chi connectivity index (χ1v) is 11.5. The highest BCUT2D eigenvalue weighted by Crippen LogP contribution is 2.30. The Kier molecular flexibility index (Phi) is 9.62. The van der Waals surface area contributed by atoms with Gasteiger partial charge in [0, 0.05) is 16.1 Å². The minimum Gasteiger partial charge on any atom is -0.481 e. The summed E-state index contributed by atoms with van der Waals surface area (Å²) in [6.45, 7) is 6.01. The number of benzene rings is 1. The number of carbonyl (C=O) groups is 2. The minimum absolute atomic E-state index is 0.147. The summed E-state index contributed by atoms with van der Waals surface area (Å²) in [7, 11) is 0. The molecule has 0 aromatic heterocycles. The molecule has 0 heterocycles. The number of aliphatic hydroxyl groups is 1. The van der Waals surface area contributed by atoms with Gasteiger partial charge < -0.3 is 20.8 Å². The fraction of sp³-hybridized carbons (Fsp3) is 0.478. The molecule has 10 heteroatoms. The second-order valence-corrected chi connectivity index (χ2v) is 10.1. The smallest absolute Gasteiger partial charge is 0.305 e. The number of nitrogens with one attached hydrogen (secondary N) is 3. The maximum absolute atomic E-state index is 12.6. The number of halogens is 1. The molecule has 9 nitrogen and oxygen atoms in total. The number of hydrogen-bond donors (Lipinski definition) is 7. The van der Waals surface area contributed by atoms with E-state index in [1.807, 2.05) is 24.3 Å². The van der Waals surface area contributed by atoms with Gasteiger partial charge in [0.1, 0.15) is 12.5 Å².